The van der Waals surface area contributed by atoms with E-state index in [4.69, 9.17) is 11.5 Å². The van der Waals surface area contributed by atoms with Gasteiger partial charge in [0.2, 0.25) is 53.2 Å². The van der Waals surface area contributed by atoms with Crippen LogP contribution in [0.4, 0.5) is 0 Å². The highest BCUT2D eigenvalue weighted by molar-refractivity contribution is 5.98. The van der Waals surface area contributed by atoms with Crippen molar-refractivity contribution in [2.45, 2.75) is 174 Å². The number of hydrogen-bond donors (Lipinski definition) is 14. The highest BCUT2D eigenvalue weighted by atomic mass is 16.4. The fourth-order valence-electron chi connectivity index (χ4n) is 7.76. The molecule has 0 radical (unpaired) electrons. The maximum absolute atomic E-state index is 14.4. The van der Waals surface area contributed by atoms with Crippen molar-refractivity contribution in [2.75, 3.05) is 0 Å². The lowest BCUT2D eigenvalue weighted by Crippen LogP contribution is -2.63. The van der Waals surface area contributed by atoms with E-state index in [1.807, 2.05) is 0 Å². The molecule has 26 nitrogen and oxygen atoms in total. The predicted molar refractivity (Wildman–Crippen MR) is 279 cm³/mol. The molecule has 0 aliphatic carbocycles. The monoisotopic (exact) mass is 1080 g/mol. The Bertz CT molecular complexity index is 2320. The zero-order chi connectivity index (χ0) is 58.3. The number of nitrogens with two attached hydrogens (primary N) is 2. The van der Waals surface area contributed by atoms with Crippen LogP contribution in [0.5, 0.6) is 0 Å². The molecule has 1 heterocycles. The lowest BCUT2D eigenvalue weighted by atomic mass is 9.95. The van der Waals surface area contributed by atoms with Gasteiger partial charge in [-0.15, -0.1) is 0 Å². The molecule has 0 saturated heterocycles. The summed E-state index contributed by atoms with van der Waals surface area (Å²) in [5.74, 6) is -12.9. The fourth-order valence-corrected chi connectivity index (χ4v) is 7.76. The normalized spacial score (nSPS) is 16.0. The zero-order valence-corrected chi connectivity index (χ0v) is 45.2. The maximum Gasteiger partial charge on any atom is 0.326 e. The van der Waals surface area contributed by atoms with Gasteiger partial charge in [0.05, 0.1) is 18.5 Å². The number of benzene rings is 1. The van der Waals surface area contributed by atoms with Gasteiger partial charge >= 0.3 is 11.9 Å². The molecule has 77 heavy (non-hydrogen) atoms. The third kappa shape index (κ3) is 22.0. The Hall–Kier alpha value is -7.48. The molecule has 12 atom stereocenters. The van der Waals surface area contributed by atoms with Crippen LogP contribution >= 0.6 is 0 Å². The number of aliphatic carboxylic acids is 2. The smallest absolute Gasteiger partial charge is 0.326 e. The van der Waals surface area contributed by atoms with Crippen LogP contribution in [0.1, 0.15) is 112 Å². The molecule has 0 bridgehead atoms. The third-order valence-corrected chi connectivity index (χ3v) is 13.0. The molecule has 0 unspecified atom stereocenters. The molecule has 2 aromatic rings. The van der Waals surface area contributed by atoms with Crippen LogP contribution in [0.25, 0.3) is 0 Å². The van der Waals surface area contributed by atoms with Crippen LogP contribution in [-0.4, -0.2) is 151 Å². The second-order valence-electron chi connectivity index (χ2n) is 20.0. The molecule has 0 saturated carbocycles. The van der Waals surface area contributed by atoms with E-state index in [9.17, 15) is 68.1 Å². The van der Waals surface area contributed by atoms with Crippen LogP contribution in [0, 0.1) is 23.7 Å². The van der Waals surface area contributed by atoms with Crippen LogP contribution in [0.15, 0.2) is 42.9 Å². The van der Waals surface area contributed by atoms with E-state index in [-0.39, 0.29) is 32.1 Å². The summed E-state index contributed by atoms with van der Waals surface area (Å²) in [6.45, 7) is 14.3. The molecule has 2 rings (SSSR count). The number of aliphatic hydroxyl groups excluding tert-OH is 1. The van der Waals surface area contributed by atoms with Gasteiger partial charge in [0, 0.05) is 37.6 Å². The van der Waals surface area contributed by atoms with Crippen molar-refractivity contribution in [2.24, 2.45) is 35.1 Å². The summed E-state index contributed by atoms with van der Waals surface area (Å²) in [5.41, 5.74) is 12.0. The van der Waals surface area contributed by atoms with Gasteiger partial charge in [-0.2, -0.15) is 0 Å². The van der Waals surface area contributed by atoms with Crippen LogP contribution in [-0.2, 0) is 65.6 Å². The molecule has 16 N–H and O–H groups in total. The number of carboxylic acids is 2. The summed E-state index contributed by atoms with van der Waals surface area (Å²) in [4.78, 5) is 153. The van der Waals surface area contributed by atoms with Gasteiger partial charge in [0.1, 0.15) is 48.3 Å². The minimum Gasteiger partial charge on any atom is -0.481 e. The van der Waals surface area contributed by atoms with E-state index in [2.05, 4.69) is 52.5 Å². The molecule has 1 aromatic heterocycles. The first-order chi connectivity index (χ1) is 36.1. The van der Waals surface area contributed by atoms with E-state index < -0.39 is 162 Å². The first-order valence-corrected chi connectivity index (χ1v) is 25.7. The van der Waals surface area contributed by atoms with Gasteiger partial charge in [-0.25, -0.2) is 9.78 Å². The van der Waals surface area contributed by atoms with Crippen LogP contribution in [0.3, 0.4) is 0 Å². The molecular weight excluding hydrogens is 1000 g/mol. The first kappa shape index (κ1) is 65.6. The zero-order valence-electron chi connectivity index (χ0n) is 45.2. The van der Waals surface area contributed by atoms with E-state index in [0.29, 0.717) is 17.7 Å². The molecular formula is C51H80N12O14. The Morgan fingerprint density at radius 3 is 1.45 bits per heavy atom. The quantitative estimate of drug-likeness (QED) is 0.0375. The summed E-state index contributed by atoms with van der Waals surface area (Å²) in [7, 11) is 0. The topological polar surface area (TPSA) is 425 Å². The molecule has 1 aromatic carbocycles. The third-order valence-electron chi connectivity index (χ3n) is 13.0. The summed E-state index contributed by atoms with van der Waals surface area (Å²) >= 11 is 0. The summed E-state index contributed by atoms with van der Waals surface area (Å²) in [6.07, 6.45) is -0.0284. The molecule has 0 fully saturated rings. The lowest BCUT2D eigenvalue weighted by molar-refractivity contribution is -0.143. The number of imidazole rings is 1. The molecule has 26 heteroatoms. The Balaban J connectivity index is 2.45. The number of hydrogen-bond acceptors (Lipinski definition) is 14. The van der Waals surface area contributed by atoms with E-state index in [1.165, 1.54) is 19.4 Å². The average molecular weight is 1090 g/mol. The van der Waals surface area contributed by atoms with Crippen molar-refractivity contribution in [1.82, 2.24) is 52.5 Å². The van der Waals surface area contributed by atoms with Crippen molar-refractivity contribution in [1.29, 1.82) is 0 Å². The molecule has 9 amide bonds. The number of aromatic nitrogens is 2. The van der Waals surface area contributed by atoms with Gasteiger partial charge in [-0.05, 0) is 49.0 Å². The maximum atomic E-state index is 14.4. The number of nitrogens with zero attached hydrogens (tertiary/aromatic N) is 1. The largest absolute Gasteiger partial charge is 0.481 e. The number of nitrogens with one attached hydrogen (secondary N) is 9. The van der Waals surface area contributed by atoms with Crippen molar-refractivity contribution in [3.05, 3.63) is 54.1 Å². The standard InChI is InChI=1S/C51H80N12O14/c1-10-27(7)40(62-44(69)33(18-20-37(66)67)56-47(72)38(25(3)4)59-49(74)41(28(8)11-2)61-43(68)32(52)17-19-36(53)65)48(73)58-35(22-31-23-54-24-55-31)46(71)63-42(29(9)64)50(75)57-34(21-30-15-13-12-14-16-30)45(70)60-39(26(5)6)51(76)77/h12-16,23-29,32-35,38-42,64H,10-11,17-22,52H2,1-9H3,(H2,53,65)(H,54,55)(H,56,72)(H,57,75)(H,58,73)(H,59,74)(H,60,70)(H,61,68)(H,62,69)(H,63,71)(H,66,67)(H,76,77)/t27-,28-,29+,32-,33-,34-,35-,38-,39-,40-,41-,42-/m0/s1. The Kier molecular flexibility index (Phi) is 27.4. The Morgan fingerprint density at radius 1 is 0.545 bits per heavy atom. The average Bonchev–Trinajstić information content (AvgIpc) is 3.89. The summed E-state index contributed by atoms with van der Waals surface area (Å²) in [6, 6.07) is -4.31. The van der Waals surface area contributed by atoms with Crippen molar-refractivity contribution in [3.8, 4) is 0 Å². The SMILES string of the molecule is CC[C@H](C)[C@H](NC(=O)[C@H](CCC(=O)O)NC(=O)[C@@H](NC(=O)[C@@H](NC(=O)[C@@H](N)CCC(N)=O)[C@@H](C)CC)C(C)C)C(=O)N[C@@H](Cc1cnc[nH]1)C(=O)N[C@H](C(=O)N[C@@H](Cc1ccccc1)C(=O)N[C@H](C(=O)O)C(C)C)[C@@H](C)O. The minimum absolute atomic E-state index is 0.0855. The van der Waals surface area contributed by atoms with Gasteiger partial charge in [0.25, 0.3) is 0 Å². The second-order valence-corrected chi connectivity index (χ2v) is 20.0. The molecule has 0 aliphatic rings. The first-order valence-electron chi connectivity index (χ1n) is 25.7. The van der Waals surface area contributed by atoms with Gasteiger partial charge in [-0.1, -0.05) is 98.6 Å². The number of amides is 9. The van der Waals surface area contributed by atoms with Crippen molar-refractivity contribution < 1.29 is 68.1 Å². The lowest BCUT2D eigenvalue weighted by Gasteiger charge is -2.31. The number of H-pyrrole nitrogens is 1. The number of carboxylic acid groups (broad SMARTS) is 2. The number of primary amides is 1. The van der Waals surface area contributed by atoms with E-state index in [0.717, 1.165) is 0 Å². The highest BCUT2D eigenvalue weighted by Gasteiger charge is 2.38. The number of aliphatic hydroxyl groups is 1. The van der Waals surface area contributed by atoms with E-state index in [1.54, 1.807) is 85.7 Å². The van der Waals surface area contributed by atoms with Gasteiger partial charge in [0.15, 0.2) is 0 Å². The fraction of sp³-hybridized carbons (Fsp3) is 0.608. The van der Waals surface area contributed by atoms with Crippen molar-refractivity contribution in [3.63, 3.8) is 0 Å². The predicted octanol–water partition coefficient (Wildman–Crippen LogP) is -1.60. The van der Waals surface area contributed by atoms with Gasteiger partial charge in [-0.3, -0.25) is 47.9 Å². The highest BCUT2D eigenvalue weighted by Crippen LogP contribution is 2.15. The van der Waals surface area contributed by atoms with Crippen molar-refractivity contribution >= 4 is 65.1 Å². The Morgan fingerprint density at radius 2 is 0.987 bits per heavy atom. The molecule has 428 valence electrons. The van der Waals surface area contributed by atoms with Crippen LogP contribution in [0.2, 0.25) is 0 Å². The van der Waals surface area contributed by atoms with Gasteiger partial charge < -0.3 is 74.3 Å². The molecule has 0 spiro atoms. The Labute approximate surface area is 447 Å². The molecule has 0 aliphatic heterocycles. The number of aromatic amines is 1. The second kappa shape index (κ2) is 32.2. The number of rotatable bonds is 34. The summed E-state index contributed by atoms with van der Waals surface area (Å²) in [5, 5.41) is 50.6. The number of carbonyl (C=O) groups excluding carboxylic acids is 9. The summed E-state index contributed by atoms with van der Waals surface area (Å²) < 4.78 is 0. The van der Waals surface area contributed by atoms with Crippen LogP contribution < -0.4 is 54.0 Å². The minimum atomic E-state index is -1.75. The van der Waals surface area contributed by atoms with E-state index >= 15 is 0 Å². The number of carbonyl (C=O) groups is 11.